The van der Waals surface area contributed by atoms with Gasteiger partial charge in [-0.25, -0.2) is 18.6 Å². The number of aromatic nitrogens is 1. The standard InChI is InChI=1S/C26H25ClF2N4O4S/c27-17-4-6-18(7-5-17)30-23(34)8-3-15-1-2-16(26(36)37)11-21(15)31-24(35)25-32-20-9-10-33(14-22(20)38-25)19(12-28)13-29/h1-2,4-7,11,19H,3,8-10,12-14H2,(H,30,34)(H,31,35)(H,36,37). The Kier molecular flexibility index (Phi) is 9.03. The molecule has 0 aliphatic carbocycles. The lowest BCUT2D eigenvalue weighted by molar-refractivity contribution is -0.116. The first-order chi connectivity index (χ1) is 18.3. The molecule has 1 aliphatic heterocycles. The molecule has 0 radical (unpaired) electrons. The number of rotatable bonds is 10. The fraction of sp³-hybridized carbons (Fsp3) is 0.308. The zero-order valence-electron chi connectivity index (χ0n) is 20.2. The predicted molar refractivity (Wildman–Crippen MR) is 142 cm³/mol. The second-order valence-electron chi connectivity index (χ2n) is 8.76. The van der Waals surface area contributed by atoms with Gasteiger partial charge in [-0.15, -0.1) is 11.3 Å². The van der Waals surface area contributed by atoms with E-state index in [0.29, 0.717) is 41.5 Å². The van der Waals surface area contributed by atoms with Crippen molar-refractivity contribution in [2.75, 3.05) is 30.5 Å². The topological polar surface area (TPSA) is 112 Å². The van der Waals surface area contributed by atoms with Crippen molar-refractivity contribution in [3.63, 3.8) is 0 Å². The number of halogens is 3. The van der Waals surface area contributed by atoms with E-state index < -0.39 is 31.3 Å². The Morgan fingerprint density at radius 3 is 2.53 bits per heavy atom. The van der Waals surface area contributed by atoms with Crippen LogP contribution in [0.4, 0.5) is 20.2 Å². The molecule has 0 bridgehead atoms. The van der Waals surface area contributed by atoms with Gasteiger partial charge in [-0.05, 0) is 48.4 Å². The van der Waals surface area contributed by atoms with Gasteiger partial charge in [0.2, 0.25) is 5.91 Å². The third-order valence-corrected chi connectivity index (χ3v) is 7.52. The summed E-state index contributed by atoms with van der Waals surface area (Å²) < 4.78 is 26.3. The zero-order chi connectivity index (χ0) is 27.2. The molecule has 4 rings (SSSR count). The van der Waals surface area contributed by atoms with Gasteiger partial charge >= 0.3 is 5.97 Å². The van der Waals surface area contributed by atoms with Crippen LogP contribution in [-0.2, 0) is 24.2 Å². The highest BCUT2D eigenvalue weighted by molar-refractivity contribution is 7.13. The van der Waals surface area contributed by atoms with Crippen molar-refractivity contribution in [1.82, 2.24) is 9.88 Å². The lowest BCUT2D eigenvalue weighted by Crippen LogP contribution is -2.41. The number of carbonyl (C=O) groups is 3. The Labute approximate surface area is 226 Å². The van der Waals surface area contributed by atoms with Crippen LogP contribution in [0.2, 0.25) is 5.02 Å². The summed E-state index contributed by atoms with van der Waals surface area (Å²) in [7, 11) is 0. The van der Waals surface area contributed by atoms with Crippen LogP contribution in [0, 0.1) is 0 Å². The Morgan fingerprint density at radius 1 is 1.11 bits per heavy atom. The van der Waals surface area contributed by atoms with Gasteiger partial charge in [0.1, 0.15) is 13.3 Å². The van der Waals surface area contributed by atoms with E-state index >= 15 is 0 Å². The molecule has 0 atom stereocenters. The van der Waals surface area contributed by atoms with Crippen molar-refractivity contribution in [2.45, 2.75) is 31.8 Å². The molecule has 0 saturated carbocycles. The highest BCUT2D eigenvalue weighted by Crippen LogP contribution is 2.28. The van der Waals surface area contributed by atoms with Crippen LogP contribution in [0.5, 0.6) is 0 Å². The third-order valence-electron chi connectivity index (χ3n) is 6.18. The van der Waals surface area contributed by atoms with Gasteiger partial charge in [0.25, 0.3) is 5.91 Å². The van der Waals surface area contributed by atoms with Crippen molar-refractivity contribution >= 4 is 52.1 Å². The third kappa shape index (κ3) is 6.72. The first-order valence-corrected chi connectivity index (χ1v) is 13.0. The average molecular weight is 563 g/mol. The number of nitrogens with zero attached hydrogens (tertiary/aromatic N) is 2. The fourth-order valence-electron chi connectivity index (χ4n) is 4.08. The monoisotopic (exact) mass is 562 g/mol. The molecule has 38 heavy (non-hydrogen) atoms. The molecule has 200 valence electrons. The molecule has 2 amide bonds. The number of alkyl halides is 2. The minimum Gasteiger partial charge on any atom is -0.478 e. The smallest absolute Gasteiger partial charge is 0.335 e. The van der Waals surface area contributed by atoms with Crippen LogP contribution < -0.4 is 10.6 Å². The van der Waals surface area contributed by atoms with E-state index in [1.165, 1.54) is 12.1 Å². The second kappa shape index (κ2) is 12.4. The van der Waals surface area contributed by atoms with E-state index in [9.17, 15) is 28.3 Å². The number of carboxylic acids is 1. The maximum absolute atomic E-state index is 13.1. The quantitative estimate of drug-likeness (QED) is 0.321. The van der Waals surface area contributed by atoms with Gasteiger partial charge < -0.3 is 15.7 Å². The minimum absolute atomic E-state index is 0.0211. The maximum Gasteiger partial charge on any atom is 0.335 e. The summed E-state index contributed by atoms with van der Waals surface area (Å²) in [6.45, 7) is -0.836. The second-order valence-corrected chi connectivity index (χ2v) is 10.3. The Morgan fingerprint density at radius 2 is 1.84 bits per heavy atom. The molecule has 0 fully saturated rings. The number of carbonyl (C=O) groups excluding carboxylic acids is 2. The number of thiazole rings is 1. The van der Waals surface area contributed by atoms with E-state index in [2.05, 4.69) is 15.6 Å². The number of anilines is 2. The normalized spacial score (nSPS) is 13.3. The highest BCUT2D eigenvalue weighted by atomic mass is 35.5. The largest absolute Gasteiger partial charge is 0.478 e. The number of fused-ring (bicyclic) bond motifs is 1. The van der Waals surface area contributed by atoms with E-state index in [1.54, 1.807) is 35.2 Å². The lowest BCUT2D eigenvalue weighted by atomic mass is 10.0. The van der Waals surface area contributed by atoms with Gasteiger partial charge in [-0.3, -0.25) is 14.5 Å². The number of carboxylic acid groups (broad SMARTS) is 1. The number of hydrogen-bond donors (Lipinski definition) is 3. The van der Waals surface area contributed by atoms with Crippen molar-refractivity contribution in [2.24, 2.45) is 0 Å². The molecule has 12 heteroatoms. The summed E-state index contributed by atoms with van der Waals surface area (Å²) in [6, 6.07) is 10.2. The molecule has 0 spiro atoms. The number of amides is 2. The average Bonchev–Trinajstić information content (AvgIpc) is 3.34. The summed E-state index contributed by atoms with van der Waals surface area (Å²) in [5.41, 5.74) is 2.12. The highest BCUT2D eigenvalue weighted by Gasteiger charge is 2.28. The van der Waals surface area contributed by atoms with Crippen molar-refractivity contribution in [3.8, 4) is 0 Å². The summed E-state index contributed by atoms with van der Waals surface area (Å²) in [5, 5.41) is 15.6. The molecule has 3 aromatic rings. The predicted octanol–water partition coefficient (Wildman–Crippen LogP) is 4.98. The first-order valence-electron chi connectivity index (χ1n) is 11.8. The van der Waals surface area contributed by atoms with Crippen LogP contribution in [0.1, 0.15) is 42.7 Å². The minimum atomic E-state index is -1.16. The van der Waals surface area contributed by atoms with E-state index in [0.717, 1.165) is 16.2 Å². The van der Waals surface area contributed by atoms with E-state index in [-0.39, 0.29) is 35.0 Å². The SMILES string of the molecule is O=C(CCc1ccc(C(=O)O)cc1NC(=O)c1nc2c(s1)CN(C(CF)CF)CC2)Nc1ccc(Cl)cc1. The molecule has 8 nitrogen and oxygen atoms in total. The molecular formula is C26H25ClF2N4O4S. The molecule has 0 saturated heterocycles. The van der Waals surface area contributed by atoms with Crippen LogP contribution >= 0.6 is 22.9 Å². The van der Waals surface area contributed by atoms with E-state index in [4.69, 9.17) is 11.6 Å². The number of aromatic carboxylic acids is 1. The van der Waals surface area contributed by atoms with Crippen LogP contribution in [-0.4, -0.2) is 58.7 Å². The number of nitrogens with one attached hydrogen (secondary N) is 2. The van der Waals surface area contributed by atoms with Crippen molar-refractivity contribution in [3.05, 3.63) is 74.2 Å². The van der Waals surface area contributed by atoms with Crippen molar-refractivity contribution in [1.29, 1.82) is 0 Å². The Bertz CT molecular complexity index is 1330. The molecule has 1 aromatic heterocycles. The molecule has 2 aromatic carbocycles. The Balaban J connectivity index is 1.46. The van der Waals surface area contributed by atoms with Gasteiger partial charge in [0, 0.05) is 47.2 Å². The zero-order valence-corrected chi connectivity index (χ0v) is 21.7. The molecule has 0 unspecified atom stereocenters. The fourth-order valence-corrected chi connectivity index (χ4v) is 5.24. The maximum atomic E-state index is 13.1. The molecular weight excluding hydrogens is 538 g/mol. The summed E-state index contributed by atoms with van der Waals surface area (Å²) >= 11 is 7.01. The molecule has 2 heterocycles. The first kappa shape index (κ1) is 27.6. The van der Waals surface area contributed by atoms with Crippen LogP contribution in [0.3, 0.4) is 0 Å². The molecule has 3 N–H and O–H groups in total. The number of hydrogen-bond acceptors (Lipinski definition) is 6. The lowest BCUT2D eigenvalue weighted by Gasteiger charge is -2.30. The van der Waals surface area contributed by atoms with Gasteiger partial charge in [-0.2, -0.15) is 0 Å². The summed E-state index contributed by atoms with van der Waals surface area (Å²) in [6.07, 6.45) is 0.799. The van der Waals surface area contributed by atoms with Gasteiger partial charge in [-0.1, -0.05) is 17.7 Å². The van der Waals surface area contributed by atoms with Crippen LogP contribution in [0.15, 0.2) is 42.5 Å². The number of aryl methyl sites for hydroxylation is 1. The van der Waals surface area contributed by atoms with Gasteiger partial charge in [0.05, 0.1) is 17.3 Å². The van der Waals surface area contributed by atoms with E-state index in [1.807, 2.05) is 0 Å². The molecule has 1 aliphatic rings. The van der Waals surface area contributed by atoms with Gasteiger partial charge in [0.15, 0.2) is 5.01 Å². The Hall–Kier alpha value is -3.41. The number of benzene rings is 2. The summed E-state index contributed by atoms with van der Waals surface area (Å²) in [4.78, 5) is 43.9. The van der Waals surface area contributed by atoms with Crippen molar-refractivity contribution < 1.29 is 28.3 Å². The summed E-state index contributed by atoms with van der Waals surface area (Å²) in [5.74, 6) is -1.95. The van der Waals surface area contributed by atoms with Crippen LogP contribution in [0.25, 0.3) is 0 Å².